The van der Waals surface area contributed by atoms with Crippen LogP contribution in [0.5, 0.6) is 0 Å². The van der Waals surface area contributed by atoms with E-state index >= 15 is 0 Å². The molecule has 1 saturated heterocycles. The summed E-state index contributed by atoms with van der Waals surface area (Å²) in [6, 6.07) is 2.08. The third-order valence-electron chi connectivity index (χ3n) is 3.62. The van der Waals surface area contributed by atoms with Crippen LogP contribution < -0.4 is 5.32 Å². The molecular weight excluding hydrogens is 280 g/mol. The fourth-order valence-electron chi connectivity index (χ4n) is 2.42. The fraction of sp³-hybridized carbons (Fsp3) is 0.688. The Kier molecular flexibility index (Phi) is 5.85. The highest BCUT2D eigenvalue weighted by Crippen LogP contribution is 2.11. The number of carbonyl (C=O) groups excluding carboxylic acids is 1. The number of nitrogens with one attached hydrogen (secondary N) is 2. The van der Waals surface area contributed by atoms with E-state index in [1.807, 2.05) is 33.2 Å². The first-order valence-corrected chi connectivity index (χ1v) is 7.97. The lowest BCUT2D eigenvalue weighted by Gasteiger charge is -2.35. The van der Waals surface area contributed by atoms with E-state index in [1.165, 1.54) is 5.56 Å². The quantitative estimate of drug-likeness (QED) is 0.812. The van der Waals surface area contributed by atoms with Gasteiger partial charge in [0.15, 0.2) is 0 Å². The highest BCUT2D eigenvalue weighted by molar-refractivity contribution is 5.68. The molecule has 0 radical (unpaired) electrons. The SMILES string of the molecule is CC(C)(C)OC(=O)N1CCN(CCNCc2cc[nH]c2)CC1. The maximum Gasteiger partial charge on any atom is 0.410 e. The van der Waals surface area contributed by atoms with Crippen LogP contribution in [0.25, 0.3) is 0 Å². The second-order valence-corrected chi connectivity index (χ2v) is 6.71. The van der Waals surface area contributed by atoms with Crippen molar-refractivity contribution >= 4 is 6.09 Å². The molecule has 0 atom stereocenters. The molecule has 124 valence electrons. The Morgan fingerprint density at radius 2 is 2.05 bits per heavy atom. The van der Waals surface area contributed by atoms with Gasteiger partial charge in [0.05, 0.1) is 0 Å². The average molecular weight is 308 g/mol. The van der Waals surface area contributed by atoms with Crippen LogP contribution in [-0.2, 0) is 11.3 Å². The van der Waals surface area contributed by atoms with Gasteiger partial charge in [-0.05, 0) is 32.4 Å². The first-order chi connectivity index (χ1) is 10.4. The number of H-pyrrole nitrogens is 1. The van der Waals surface area contributed by atoms with Crippen molar-refractivity contribution in [2.24, 2.45) is 0 Å². The summed E-state index contributed by atoms with van der Waals surface area (Å²) < 4.78 is 5.41. The minimum absolute atomic E-state index is 0.197. The number of hydrogen-bond donors (Lipinski definition) is 2. The van der Waals surface area contributed by atoms with Gasteiger partial charge in [0, 0.05) is 58.2 Å². The number of amides is 1. The normalized spacial score (nSPS) is 16.8. The maximum atomic E-state index is 12.0. The smallest absolute Gasteiger partial charge is 0.410 e. The van der Waals surface area contributed by atoms with Crippen LogP contribution in [0, 0.1) is 0 Å². The van der Waals surface area contributed by atoms with Gasteiger partial charge in [-0.15, -0.1) is 0 Å². The molecule has 0 bridgehead atoms. The van der Waals surface area contributed by atoms with Crippen molar-refractivity contribution in [3.8, 4) is 0 Å². The van der Waals surface area contributed by atoms with E-state index in [1.54, 1.807) is 4.90 Å². The molecule has 1 aromatic heterocycles. The standard InChI is InChI=1S/C16H28N4O2/c1-16(2,3)22-15(21)20-10-8-19(9-11-20)7-6-18-13-14-4-5-17-12-14/h4-5,12,17-18H,6-11,13H2,1-3H3. The van der Waals surface area contributed by atoms with Crippen LogP contribution >= 0.6 is 0 Å². The van der Waals surface area contributed by atoms with Crippen LogP contribution in [0.3, 0.4) is 0 Å². The molecule has 2 N–H and O–H groups in total. The van der Waals surface area contributed by atoms with Crippen molar-refractivity contribution in [2.75, 3.05) is 39.3 Å². The van der Waals surface area contributed by atoms with Gasteiger partial charge in [-0.1, -0.05) is 0 Å². The Morgan fingerprint density at radius 1 is 1.32 bits per heavy atom. The molecule has 1 aromatic rings. The molecule has 1 aliphatic rings. The van der Waals surface area contributed by atoms with E-state index in [0.717, 1.165) is 45.8 Å². The van der Waals surface area contributed by atoms with Crippen molar-refractivity contribution in [3.05, 3.63) is 24.0 Å². The van der Waals surface area contributed by atoms with E-state index in [-0.39, 0.29) is 6.09 Å². The minimum Gasteiger partial charge on any atom is -0.444 e. The summed E-state index contributed by atoms with van der Waals surface area (Å²) in [6.45, 7) is 11.9. The molecule has 2 heterocycles. The molecule has 0 saturated carbocycles. The number of piperazine rings is 1. The van der Waals surface area contributed by atoms with Gasteiger partial charge in [-0.25, -0.2) is 4.79 Å². The van der Waals surface area contributed by atoms with Gasteiger partial charge in [-0.3, -0.25) is 4.90 Å². The molecule has 0 aromatic carbocycles. The Morgan fingerprint density at radius 3 is 2.64 bits per heavy atom. The van der Waals surface area contributed by atoms with Crippen molar-refractivity contribution in [2.45, 2.75) is 32.9 Å². The van der Waals surface area contributed by atoms with E-state index < -0.39 is 5.60 Å². The second kappa shape index (κ2) is 7.65. The zero-order chi connectivity index (χ0) is 16.0. The summed E-state index contributed by atoms with van der Waals surface area (Å²) in [6.07, 6.45) is 3.75. The second-order valence-electron chi connectivity index (χ2n) is 6.71. The lowest BCUT2D eigenvalue weighted by atomic mass is 10.2. The largest absolute Gasteiger partial charge is 0.444 e. The van der Waals surface area contributed by atoms with Gasteiger partial charge >= 0.3 is 6.09 Å². The van der Waals surface area contributed by atoms with Crippen molar-refractivity contribution in [1.82, 2.24) is 20.1 Å². The maximum absolute atomic E-state index is 12.0. The molecule has 0 unspecified atom stereocenters. The Balaban J connectivity index is 1.59. The summed E-state index contributed by atoms with van der Waals surface area (Å²) >= 11 is 0. The van der Waals surface area contributed by atoms with Gasteiger partial charge in [0.1, 0.15) is 5.60 Å². The van der Waals surface area contributed by atoms with Crippen molar-refractivity contribution < 1.29 is 9.53 Å². The van der Waals surface area contributed by atoms with Crippen LogP contribution in [0.1, 0.15) is 26.3 Å². The summed E-state index contributed by atoms with van der Waals surface area (Å²) in [7, 11) is 0. The highest BCUT2D eigenvalue weighted by Gasteiger charge is 2.25. The lowest BCUT2D eigenvalue weighted by Crippen LogP contribution is -2.51. The third-order valence-corrected chi connectivity index (χ3v) is 3.62. The summed E-state index contributed by atoms with van der Waals surface area (Å²) in [5, 5.41) is 3.43. The lowest BCUT2D eigenvalue weighted by molar-refractivity contribution is 0.0146. The number of hydrogen-bond acceptors (Lipinski definition) is 4. The number of rotatable bonds is 5. The number of ether oxygens (including phenoxy) is 1. The van der Waals surface area contributed by atoms with E-state index in [2.05, 4.69) is 21.3 Å². The molecule has 2 rings (SSSR count). The molecule has 1 amide bonds. The predicted molar refractivity (Wildman–Crippen MR) is 86.7 cm³/mol. The monoisotopic (exact) mass is 308 g/mol. The Hall–Kier alpha value is -1.53. The molecule has 0 spiro atoms. The third kappa shape index (κ3) is 5.69. The van der Waals surface area contributed by atoms with Crippen LogP contribution in [0.15, 0.2) is 18.5 Å². The Labute approximate surface area is 132 Å². The number of aromatic nitrogens is 1. The fourth-order valence-corrected chi connectivity index (χ4v) is 2.42. The molecule has 6 nitrogen and oxygen atoms in total. The number of nitrogens with zero attached hydrogens (tertiary/aromatic N) is 2. The van der Waals surface area contributed by atoms with E-state index in [4.69, 9.17) is 4.74 Å². The van der Waals surface area contributed by atoms with Crippen LogP contribution in [0.4, 0.5) is 4.79 Å². The average Bonchev–Trinajstić information content (AvgIpc) is 2.95. The number of carbonyl (C=O) groups is 1. The minimum atomic E-state index is -0.420. The predicted octanol–water partition coefficient (Wildman–Crippen LogP) is 1.66. The highest BCUT2D eigenvalue weighted by atomic mass is 16.6. The molecule has 1 fully saturated rings. The first kappa shape index (κ1) is 16.8. The molecule has 0 aliphatic carbocycles. The van der Waals surface area contributed by atoms with Gasteiger partial charge in [0.25, 0.3) is 0 Å². The van der Waals surface area contributed by atoms with E-state index in [0.29, 0.717) is 0 Å². The Bertz CT molecular complexity index is 445. The van der Waals surface area contributed by atoms with Crippen LogP contribution in [-0.4, -0.2) is 65.7 Å². The van der Waals surface area contributed by atoms with Gasteiger partial charge in [-0.2, -0.15) is 0 Å². The summed E-state index contributed by atoms with van der Waals surface area (Å²) in [5.74, 6) is 0. The van der Waals surface area contributed by atoms with Gasteiger partial charge < -0.3 is 19.9 Å². The number of aromatic amines is 1. The molecule has 22 heavy (non-hydrogen) atoms. The van der Waals surface area contributed by atoms with Crippen molar-refractivity contribution in [3.63, 3.8) is 0 Å². The molecule has 6 heteroatoms. The topological polar surface area (TPSA) is 60.6 Å². The zero-order valence-electron chi connectivity index (χ0n) is 13.9. The van der Waals surface area contributed by atoms with E-state index in [9.17, 15) is 4.79 Å². The summed E-state index contributed by atoms with van der Waals surface area (Å²) in [5.41, 5.74) is 0.853. The zero-order valence-corrected chi connectivity index (χ0v) is 13.9. The first-order valence-electron chi connectivity index (χ1n) is 7.97. The van der Waals surface area contributed by atoms with Crippen LogP contribution in [0.2, 0.25) is 0 Å². The van der Waals surface area contributed by atoms with Crippen molar-refractivity contribution in [1.29, 1.82) is 0 Å². The summed E-state index contributed by atoms with van der Waals surface area (Å²) in [4.78, 5) is 19.2. The molecule has 1 aliphatic heterocycles. The molecular formula is C16H28N4O2. The van der Waals surface area contributed by atoms with Gasteiger partial charge in [0.2, 0.25) is 0 Å².